The summed E-state index contributed by atoms with van der Waals surface area (Å²) in [4.78, 5) is 18.6. The van der Waals surface area contributed by atoms with Gasteiger partial charge < -0.3 is 9.64 Å². The number of ether oxygens (including phenoxy) is 1. The second kappa shape index (κ2) is 9.21. The molecule has 3 aromatic rings. The maximum absolute atomic E-state index is 15.1. The van der Waals surface area contributed by atoms with Gasteiger partial charge in [0.15, 0.2) is 5.65 Å². The summed E-state index contributed by atoms with van der Waals surface area (Å²) in [5.41, 5.74) is 3.99. The topological polar surface area (TPSA) is 47.4 Å². The number of aromatic nitrogens is 2. The fraction of sp³-hybridized carbons (Fsp3) is 0.417. The van der Waals surface area contributed by atoms with Crippen LogP contribution in [0.5, 0.6) is 0 Å². The van der Waals surface area contributed by atoms with E-state index in [4.69, 9.17) is 4.74 Å². The number of likely N-dealkylation sites (tertiary alicyclic amines) is 1. The molecule has 0 N–H and O–H groups in total. The molecule has 8 heteroatoms. The van der Waals surface area contributed by atoms with E-state index in [0.717, 1.165) is 46.1 Å². The molecule has 1 aliphatic rings. The SMILES string of the molecule is Cc1cn(SI)c2ncc(-c3ccc(C4CCN(C(=O)OC(C)(C)C)CC4)c(F)c3)cc12. The number of rotatable bonds is 3. The Balaban J connectivity index is 1.49. The van der Waals surface area contributed by atoms with Gasteiger partial charge in [-0.1, -0.05) is 12.1 Å². The highest BCUT2D eigenvalue weighted by molar-refractivity contribution is 14.2. The number of hydrogen-bond donors (Lipinski definition) is 0. The van der Waals surface area contributed by atoms with Gasteiger partial charge in [0.1, 0.15) is 11.4 Å². The lowest BCUT2D eigenvalue weighted by Crippen LogP contribution is -2.41. The molecule has 0 unspecified atom stereocenters. The zero-order valence-corrected chi connectivity index (χ0v) is 21.7. The summed E-state index contributed by atoms with van der Waals surface area (Å²) < 4.78 is 22.6. The fourth-order valence-electron chi connectivity index (χ4n) is 4.18. The van der Waals surface area contributed by atoms with Gasteiger partial charge in [0.05, 0.1) is 0 Å². The monoisotopic (exact) mass is 567 g/mol. The van der Waals surface area contributed by atoms with Crippen LogP contribution >= 0.6 is 30.3 Å². The predicted octanol–water partition coefficient (Wildman–Crippen LogP) is 7.11. The second-order valence-corrected chi connectivity index (χ2v) is 11.0. The smallest absolute Gasteiger partial charge is 0.410 e. The van der Waals surface area contributed by atoms with Gasteiger partial charge >= 0.3 is 6.09 Å². The highest BCUT2D eigenvalue weighted by Gasteiger charge is 2.28. The first-order chi connectivity index (χ1) is 15.2. The Morgan fingerprint density at radius 1 is 1.22 bits per heavy atom. The molecule has 1 aromatic carbocycles. The van der Waals surface area contributed by atoms with E-state index in [0.29, 0.717) is 13.1 Å². The van der Waals surface area contributed by atoms with E-state index in [1.165, 1.54) is 0 Å². The van der Waals surface area contributed by atoms with Crippen LogP contribution in [0.15, 0.2) is 36.7 Å². The predicted molar refractivity (Wildman–Crippen MR) is 137 cm³/mol. The van der Waals surface area contributed by atoms with E-state index in [-0.39, 0.29) is 17.8 Å². The molecule has 3 heterocycles. The van der Waals surface area contributed by atoms with E-state index in [2.05, 4.69) is 45.4 Å². The van der Waals surface area contributed by atoms with Crippen molar-refractivity contribution in [1.29, 1.82) is 0 Å². The van der Waals surface area contributed by atoms with Gasteiger partial charge in [0.2, 0.25) is 0 Å². The minimum absolute atomic E-state index is 0.0975. The molecule has 0 atom stereocenters. The van der Waals surface area contributed by atoms with Crippen LogP contribution in [0.3, 0.4) is 0 Å². The molecule has 0 aliphatic carbocycles. The van der Waals surface area contributed by atoms with Crippen molar-refractivity contribution in [2.75, 3.05) is 13.1 Å². The van der Waals surface area contributed by atoms with Crippen molar-refractivity contribution in [2.24, 2.45) is 0 Å². The van der Waals surface area contributed by atoms with Crippen molar-refractivity contribution in [3.8, 4) is 11.1 Å². The highest BCUT2D eigenvalue weighted by atomic mass is 127. The quantitative estimate of drug-likeness (QED) is 0.317. The molecule has 0 bridgehead atoms. The Bertz CT molecular complexity index is 1150. The lowest BCUT2D eigenvalue weighted by molar-refractivity contribution is 0.0204. The van der Waals surface area contributed by atoms with E-state index >= 15 is 4.39 Å². The molecule has 170 valence electrons. The average Bonchev–Trinajstić information content (AvgIpc) is 3.08. The maximum atomic E-state index is 15.1. The zero-order chi connectivity index (χ0) is 23.0. The molecular weight excluding hydrogens is 540 g/mol. The third kappa shape index (κ3) is 4.90. The summed E-state index contributed by atoms with van der Waals surface area (Å²) in [6.45, 7) is 8.80. The summed E-state index contributed by atoms with van der Waals surface area (Å²) >= 11 is 2.24. The van der Waals surface area contributed by atoms with Crippen molar-refractivity contribution >= 4 is 47.5 Å². The van der Waals surface area contributed by atoms with E-state index in [9.17, 15) is 4.79 Å². The minimum atomic E-state index is -0.510. The Morgan fingerprint density at radius 3 is 2.56 bits per heavy atom. The lowest BCUT2D eigenvalue weighted by atomic mass is 9.88. The van der Waals surface area contributed by atoms with Gasteiger partial charge in [-0.3, -0.25) is 3.97 Å². The van der Waals surface area contributed by atoms with Crippen LogP contribution in [0.2, 0.25) is 0 Å². The van der Waals surface area contributed by atoms with Crippen molar-refractivity contribution in [3.05, 3.63) is 53.6 Å². The molecule has 0 spiro atoms. The van der Waals surface area contributed by atoms with E-state index in [1.807, 2.05) is 36.9 Å². The number of nitrogens with zero attached hydrogens (tertiary/aromatic N) is 3. The number of aryl methyl sites for hydroxylation is 1. The number of carbonyl (C=O) groups is 1. The standard InChI is InChI=1S/C24H27FIN3O2S/c1-15-14-29(32-26)22-20(15)11-18(13-27-22)17-5-6-19(21(25)12-17)16-7-9-28(10-8-16)23(30)31-24(2,3)4/h5-6,11-14,16H,7-10H2,1-4H3. The third-order valence-electron chi connectivity index (χ3n) is 5.81. The van der Waals surface area contributed by atoms with Crippen LogP contribution in [-0.2, 0) is 4.74 Å². The molecule has 4 rings (SSSR count). The van der Waals surface area contributed by atoms with Crippen molar-refractivity contribution in [1.82, 2.24) is 13.9 Å². The zero-order valence-electron chi connectivity index (χ0n) is 18.7. The molecular formula is C24H27FIN3O2S. The molecule has 5 nitrogen and oxygen atoms in total. The van der Waals surface area contributed by atoms with Gasteiger partial charge in [-0.25, -0.2) is 14.2 Å². The summed E-state index contributed by atoms with van der Waals surface area (Å²) in [5, 5.41) is 1.07. The lowest BCUT2D eigenvalue weighted by Gasteiger charge is -2.33. The molecule has 1 aliphatic heterocycles. The van der Waals surface area contributed by atoms with Gasteiger partial charge in [-0.15, -0.1) is 0 Å². The average molecular weight is 567 g/mol. The number of pyridine rings is 1. The summed E-state index contributed by atoms with van der Waals surface area (Å²) in [6, 6.07) is 7.55. The molecule has 2 aromatic heterocycles. The van der Waals surface area contributed by atoms with Crippen molar-refractivity contribution in [3.63, 3.8) is 0 Å². The second-order valence-electron chi connectivity index (χ2n) is 9.28. The third-order valence-corrected chi connectivity index (χ3v) is 7.51. The molecule has 0 saturated carbocycles. The van der Waals surface area contributed by atoms with Crippen molar-refractivity contribution in [2.45, 2.75) is 52.1 Å². The van der Waals surface area contributed by atoms with Crippen LogP contribution in [0.1, 0.15) is 50.7 Å². The van der Waals surface area contributed by atoms with E-state index < -0.39 is 5.60 Å². The molecule has 1 saturated heterocycles. The summed E-state index contributed by atoms with van der Waals surface area (Å²) in [7, 11) is 1.58. The molecule has 0 radical (unpaired) electrons. The van der Waals surface area contributed by atoms with Gasteiger partial charge in [0, 0.05) is 66.8 Å². The number of halogens is 2. The van der Waals surface area contributed by atoms with E-state index in [1.54, 1.807) is 26.3 Å². The normalized spacial score (nSPS) is 15.4. The van der Waals surface area contributed by atoms with Crippen LogP contribution in [-0.4, -0.2) is 38.6 Å². The molecule has 1 fully saturated rings. The fourth-order valence-corrected chi connectivity index (χ4v) is 5.49. The maximum Gasteiger partial charge on any atom is 0.410 e. The number of carbonyl (C=O) groups excluding carboxylic acids is 1. The van der Waals surface area contributed by atoms with Gasteiger partial charge in [0.25, 0.3) is 0 Å². The van der Waals surface area contributed by atoms with Gasteiger partial charge in [-0.05, 0) is 75.3 Å². The summed E-state index contributed by atoms with van der Waals surface area (Å²) in [5.74, 6) is -0.101. The summed E-state index contributed by atoms with van der Waals surface area (Å²) in [6.07, 6.45) is 5.03. The van der Waals surface area contributed by atoms with Crippen molar-refractivity contribution < 1.29 is 13.9 Å². The number of fused-ring (bicyclic) bond motifs is 1. The minimum Gasteiger partial charge on any atom is -0.444 e. The Labute approximate surface area is 204 Å². The number of benzene rings is 1. The van der Waals surface area contributed by atoms with Crippen LogP contribution < -0.4 is 0 Å². The molecule has 1 amide bonds. The number of hydrogen-bond acceptors (Lipinski definition) is 4. The first kappa shape index (κ1) is 23.4. The largest absolute Gasteiger partial charge is 0.444 e. The first-order valence-electron chi connectivity index (χ1n) is 10.7. The first-order valence-corrected chi connectivity index (χ1v) is 14.0. The molecule has 32 heavy (non-hydrogen) atoms. The number of amides is 1. The number of piperidine rings is 1. The Hall–Kier alpha value is -1.81. The Morgan fingerprint density at radius 2 is 1.94 bits per heavy atom. The van der Waals surface area contributed by atoms with Crippen LogP contribution in [0.25, 0.3) is 22.2 Å². The van der Waals surface area contributed by atoms with Gasteiger partial charge in [-0.2, -0.15) is 0 Å². The van der Waals surface area contributed by atoms with Crippen LogP contribution in [0, 0.1) is 12.7 Å². The van der Waals surface area contributed by atoms with Crippen LogP contribution in [0.4, 0.5) is 9.18 Å². The highest BCUT2D eigenvalue weighted by Crippen LogP contribution is 2.34. The Kier molecular flexibility index (Phi) is 6.72.